The van der Waals surface area contributed by atoms with Gasteiger partial charge in [0.2, 0.25) is 11.2 Å². The molecular formula is C12H16ClN7. The van der Waals surface area contributed by atoms with E-state index in [0.29, 0.717) is 17.9 Å². The van der Waals surface area contributed by atoms with Gasteiger partial charge in [-0.1, -0.05) is 0 Å². The van der Waals surface area contributed by atoms with Crippen LogP contribution in [0.5, 0.6) is 0 Å². The molecule has 0 aliphatic carbocycles. The van der Waals surface area contributed by atoms with E-state index in [9.17, 15) is 0 Å². The molecule has 1 N–H and O–H groups in total. The van der Waals surface area contributed by atoms with Crippen LogP contribution < -0.4 is 5.32 Å². The highest BCUT2D eigenvalue weighted by Crippen LogP contribution is 2.14. The molecule has 0 bridgehead atoms. The minimum atomic E-state index is 0.164. The minimum Gasteiger partial charge on any atom is -0.350 e. The van der Waals surface area contributed by atoms with Crippen molar-refractivity contribution in [1.82, 2.24) is 29.6 Å². The van der Waals surface area contributed by atoms with E-state index < -0.39 is 0 Å². The zero-order valence-electron chi connectivity index (χ0n) is 11.2. The van der Waals surface area contributed by atoms with Gasteiger partial charge in [0.15, 0.2) is 0 Å². The second kappa shape index (κ2) is 5.72. The van der Waals surface area contributed by atoms with Gasteiger partial charge in [0.25, 0.3) is 5.95 Å². The fourth-order valence-electron chi connectivity index (χ4n) is 2.36. The second-order valence-corrected chi connectivity index (χ2v) is 5.26. The molecule has 1 saturated heterocycles. The van der Waals surface area contributed by atoms with Gasteiger partial charge in [0, 0.05) is 25.0 Å². The Morgan fingerprint density at radius 1 is 1.35 bits per heavy atom. The molecule has 20 heavy (non-hydrogen) atoms. The molecule has 106 valence electrons. The molecule has 0 radical (unpaired) electrons. The van der Waals surface area contributed by atoms with Crippen LogP contribution in [-0.4, -0.2) is 55.8 Å². The fourth-order valence-corrected chi connectivity index (χ4v) is 2.52. The Bertz CT molecular complexity index is 571. The smallest absolute Gasteiger partial charge is 0.256 e. The minimum absolute atomic E-state index is 0.164. The summed E-state index contributed by atoms with van der Waals surface area (Å²) in [4.78, 5) is 14.9. The molecule has 1 aliphatic heterocycles. The van der Waals surface area contributed by atoms with E-state index in [1.54, 1.807) is 23.1 Å². The molecule has 7 nitrogen and oxygen atoms in total. The van der Waals surface area contributed by atoms with E-state index in [-0.39, 0.29) is 5.28 Å². The van der Waals surface area contributed by atoms with Crippen molar-refractivity contribution in [3.05, 3.63) is 23.7 Å². The summed E-state index contributed by atoms with van der Waals surface area (Å²) in [5.74, 6) is 0.914. The summed E-state index contributed by atoms with van der Waals surface area (Å²) in [5.41, 5.74) is 0. The van der Waals surface area contributed by atoms with Crippen molar-refractivity contribution in [3.8, 4) is 5.95 Å². The predicted octanol–water partition coefficient (Wildman–Crippen LogP) is 1.22. The van der Waals surface area contributed by atoms with E-state index in [4.69, 9.17) is 11.6 Å². The van der Waals surface area contributed by atoms with Gasteiger partial charge in [-0.25, -0.2) is 4.68 Å². The maximum absolute atomic E-state index is 5.96. The number of rotatable bonds is 3. The van der Waals surface area contributed by atoms with Gasteiger partial charge in [0.1, 0.15) is 0 Å². The van der Waals surface area contributed by atoms with Crippen LogP contribution in [0.1, 0.15) is 12.8 Å². The summed E-state index contributed by atoms with van der Waals surface area (Å²) in [6.45, 7) is 2.11. The first-order chi connectivity index (χ1) is 9.70. The Labute approximate surface area is 122 Å². The third-order valence-corrected chi connectivity index (χ3v) is 3.43. The van der Waals surface area contributed by atoms with Crippen molar-refractivity contribution in [1.29, 1.82) is 0 Å². The molecule has 2 aromatic heterocycles. The van der Waals surface area contributed by atoms with Crippen molar-refractivity contribution in [2.24, 2.45) is 0 Å². The number of hydrogen-bond acceptors (Lipinski definition) is 6. The lowest BCUT2D eigenvalue weighted by molar-refractivity contribution is 0.260. The van der Waals surface area contributed by atoms with Crippen LogP contribution in [0.3, 0.4) is 0 Å². The summed E-state index contributed by atoms with van der Waals surface area (Å²) >= 11 is 5.96. The van der Waals surface area contributed by atoms with Crippen molar-refractivity contribution < 1.29 is 0 Å². The van der Waals surface area contributed by atoms with E-state index in [0.717, 1.165) is 19.5 Å². The van der Waals surface area contributed by atoms with Crippen LogP contribution in [0, 0.1) is 0 Å². The average molecular weight is 294 g/mol. The number of anilines is 1. The Hall–Kier alpha value is -1.73. The Morgan fingerprint density at radius 2 is 2.25 bits per heavy atom. The quantitative estimate of drug-likeness (QED) is 0.917. The SMILES string of the molecule is CN1CCCC(Nc2nc(Cl)nc(-n3cccn3)n2)C1. The summed E-state index contributed by atoms with van der Waals surface area (Å²) in [7, 11) is 2.11. The lowest BCUT2D eigenvalue weighted by Crippen LogP contribution is -2.40. The molecule has 3 heterocycles. The first kappa shape index (κ1) is 13.3. The molecule has 3 rings (SSSR count). The van der Waals surface area contributed by atoms with Gasteiger partial charge in [-0.05, 0) is 44.1 Å². The number of aromatic nitrogens is 5. The maximum atomic E-state index is 5.96. The van der Waals surface area contributed by atoms with E-state index in [1.165, 1.54) is 6.42 Å². The standard InChI is InChI=1S/C12H16ClN7/c1-19-6-2-4-9(8-19)15-11-16-10(13)17-12(18-11)20-7-3-5-14-20/h3,5,7,9H,2,4,6,8H2,1H3,(H,15,16,17,18). The van der Waals surface area contributed by atoms with Crippen molar-refractivity contribution >= 4 is 17.5 Å². The zero-order chi connectivity index (χ0) is 13.9. The molecule has 0 spiro atoms. The molecule has 1 atom stereocenters. The summed E-state index contributed by atoms with van der Waals surface area (Å²) in [6, 6.07) is 2.14. The molecule has 0 amide bonds. The van der Waals surface area contributed by atoms with Crippen LogP contribution in [0.2, 0.25) is 5.28 Å². The van der Waals surface area contributed by atoms with E-state index >= 15 is 0 Å². The second-order valence-electron chi connectivity index (χ2n) is 4.92. The predicted molar refractivity (Wildman–Crippen MR) is 76.1 cm³/mol. The molecule has 1 aliphatic rings. The molecule has 1 fully saturated rings. The van der Waals surface area contributed by atoms with Crippen molar-refractivity contribution in [2.45, 2.75) is 18.9 Å². The zero-order valence-corrected chi connectivity index (χ0v) is 12.0. The highest BCUT2D eigenvalue weighted by molar-refractivity contribution is 6.28. The van der Waals surface area contributed by atoms with Gasteiger partial charge < -0.3 is 10.2 Å². The third kappa shape index (κ3) is 3.05. The first-order valence-electron chi connectivity index (χ1n) is 6.57. The topological polar surface area (TPSA) is 71.8 Å². The molecule has 8 heteroatoms. The number of hydrogen-bond donors (Lipinski definition) is 1. The molecule has 0 saturated carbocycles. The van der Waals surface area contributed by atoms with E-state index in [2.05, 4.69) is 37.3 Å². The monoisotopic (exact) mass is 293 g/mol. The molecule has 1 unspecified atom stereocenters. The highest BCUT2D eigenvalue weighted by Gasteiger charge is 2.18. The normalized spacial score (nSPS) is 20.0. The summed E-state index contributed by atoms with van der Waals surface area (Å²) in [5, 5.41) is 7.59. The van der Waals surface area contributed by atoms with Crippen molar-refractivity contribution in [2.75, 3.05) is 25.5 Å². The number of likely N-dealkylation sites (N-methyl/N-ethyl adjacent to an activating group) is 1. The highest BCUT2D eigenvalue weighted by atomic mass is 35.5. The Balaban J connectivity index is 1.79. The van der Waals surface area contributed by atoms with Gasteiger partial charge in [-0.3, -0.25) is 0 Å². The largest absolute Gasteiger partial charge is 0.350 e. The number of nitrogens with zero attached hydrogens (tertiary/aromatic N) is 6. The van der Waals surface area contributed by atoms with Crippen LogP contribution in [0.4, 0.5) is 5.95 Å². The first-order valence-corrected chi connectivity index (χ1v) is 6.95. The lowest BCUT2D eigenvalue weighted by Gasteiger charge is -2.30. The maximum Gasteiger partial charge on any atom is 0.256 e. The third-order valence-electron chi connectivity index (χ3n) is 3.26. The Morgan fingerprint density at radius 3 is 3.00 bits per heavy atom. The summed E-state index contributed by atoms with van der Waals surface area (Å²) in [6.07, 6.45) is 5.70. The van der Waals surface area contributed by atoms with Gasteiger partial charge >= 0.3 is 0 Å². The van der Waals surface area contributed by atoms with Crippen LogP contribution >= 0.6 is 11.6 Å². The van der Waals surface area contributed by atoms with E-state index in [1.807, 2.05) is 0 Å². The average Bonchev–Trinajstić information content (AvgIpc) is 2.91. The van der Waals surface area contributed by atoms with Crippen LogP contribution in [0.15, 0.2) is 18.5 Å². The lowest BCUT2D eigenvalue weighted by atomic mass is 10.1. The molecule has 0 aromatic carbocycles. The Kier molecular flexibility index (Phi) is 3.79. The number of nitrogens with one attached hydrogen (secondary N) is 1. The van der Waals surface area contributed by atoms with Gasteiger partial charge in [-0.15, -0.1) is 0 Å². The summed E-state index contributed by atoms with van der Waals surface area (Å²) < 4.78 is 1.56. The number of piperidine rings is 1. The van der Waals surface area contributed by atoms with Crippen molar-refractivity contribution in [3.63, 3.8) is 0 Å². The fraction of sp³-hybridized carbons (Fsp3) is 0.500. The number of halogens is 1. The molecular weight excluding hydrogens is 278 g/mol. The van der Waals surface area contributed by atoms with Gasteiger partial charge in [-0.2, -0.15) is 20.1 Å². The number of likely N-dealkylation sites (tertiary alicyclic amines) is 1. The van der Waals surface area contributed by atoms with Crippen LogP contribution in [-0.2, 0) is 0 Å². The van der Waals surface area contributed by atoms with Gasteiger partial charge in [0.05, 0.1) is 0 Å². The molecule has 2 aromatic rings. The van der Waals surface area contributed by atoms with Crippen LogP contribution in [0.25, 0.3) is 5.95 Å².